The van der Waals surface area contributed by atoms with Crippen LogP contribution in [0.5, 0.6) is 0 Å². The molecule has 0 rings (SSSR count). The van der Waals surface area contributed by atoms with Gasteiger partial charge < -0.3 is 0 Å². The third-order valence-electron chi connectivity index (χ3n) is 0. The van der Waals surface area contributed by atoms with Gasteiger partial charge in [0.2, 0.25) is 0 Å². The summed E-state index contributed by atoms with van der Waals surface area (Å²) in [4.78, 5) is 0. The van der Waals surface area contributed by atoms with Crippen LogP contribution in [0.1, 0.15) is 0 Å². The quantitative estimate of drug-likeness (QED) is 0.366. The average molecular weight is 149 g/mol. The summed E-state index contributed by atoms with van der Waals surface area (Å²) in [6.07, 6.45) is 0. The summed E-state index contributed by atoms with van der Waals surface area (Å²) in [5, 5.41) is 0. The van der Waals surface area contributed by atoms with Crippen LogP contribution >= 0.6 is 7.92 Å². The highest BCUT2D eigenvalue weighted by molar-refractivity contribution is 7.55. The van der Waals surface area contributed by atoms with Crippen molar-refractivity contribution in [1.82, 2.24) is 0 Å². The Morgan fingerprint density at radius 3 is 0.875 bits per heavy atom. The molecule has 0 amide bonds. The molecule has 0 bridgehead atoms. The molecule has 0 radical (unpaired) electrons. The van der Waals surface area contributed by atoms with Crippen molar-refractivity contribution in [3.63, 3.8) is 0 Å². The highest BCUT2D eigenvalue weighted by Crippen LogP contribution is 2.14. The van der Waals surface area contributed by atoms with E-state index in [1.54, 1.807) is 0 Å². The summed E-state index contributed by atoms with van der Waals surface area (Å²) in [5.74, 6) is 6.92. The zero-order valence-electron chi connectivity index (χ0n) is 7.08. The van der Waals surface area contributed by atoms with Crippen molar-refractivity contribution in [2.45, 2.75) is 17.4 Å². The molecule has 0 saturated carbocycles. The minimum atomic E-state index is -0.139. The maximum absolute atomic E-state index is 2.31. The molecule has 0 aliphatic rings. The summed E-state index contributed by atoms with van der Waals surface area (Å²) in [5.41, 5.74) is 0. The van der Waals surface area contributed by atoms with Gasteiger partial charge in [-0.05, 0) is 7.92 Å². The second-order valence-corrected chi connectivity index (χ2v) is 9.70. The zero-order chi connectivity index (χ0) is 7.15. The van der Waals surface area contributed by atoms with Crippen molar-refractivity contribution in [2.24, 2.45) is 0 Å². The Labute approximate surface area is 59.8 Å². The Balaban J connectivity index is 0. The fourth-order valence-corrected chi connectivity index (χ4v) is 0. The SMILES string of the molecule is C[PH+](C)C.[CH3][Al]([CH3])[CH3]. The van der Waals surface area contributed by atoms with Gasteiger partial charge >= 0.3 is 0 Å². The fraction of sp³-hybridized carbons (Fsp3) is 1.00. The number of rotatable bonds is 0. The van der Waals surface area contributed by atoms with Crippen LogP contribution in [-0.4, -0.2) is 34.1 Å². The van der Waals surface area contributed by atoms with Gasteiger partial charge in [0.1, 0.15) is 0 Å². The second-order valence-electron chi connectivity index (χ2n) is 3.23. The van der Waals surface area contributed by atoms with Crippen LogP contribution in [-0.2, 0) is 0 Å². The molecule has 0 spiro atoms. The number of hydrogen-bond acceptors (Lipinski definition) is 0. The van der Waals surface area contributed by atoms with Crippen LogP contribution in [0.3, 0.4) is 0 Å². The molecule has 8 heavy (non-hydrogen) atoms. The van der Waals surface area contributed by atoms with E-state index in [4.69, 9.17) is 0 Å². The topological polar surface area (TPSA) is 0 Å². The minimum Gasteiger partial charge on any atom is -0.106 e. The molecule has 2 heteroatoms. The van der Waals surface area contributed by atoms with Gasteiger partial charge in [-0.3, -0.25) is 0 Å². The second kappa shape index (κ2) is 7.96. The third-order valence-corrected chi connectivity index (χ3v) is 0. The van der Waals surface area contributed by atoms with Gasteiger partial charge in [0.05, 0.1) is 0 Å². The zero-order valence-corrected chi connectivity index (χ0v) is 9.23. The fourth-order valence-electron chi connectivity index (χ4n) is 0. The molecule has 0 N–H and O–H groups in total. The molecule has 0 nitrogen and oxygen atoms in total. The van der Waals surface area contributed by atoms with E-state index in [2.05, 4.69) is 37.4 Å². The van der Waals surface area contributed by atoms with E-state index in [1.807, 2.05) is 0 Å². The molecule has 0 saturated heterocycles. The van der Waals surface area contributed by atoms with E-state index in [0.717, 1.165) is 0 Å². The first-order valence-electron chi connectivity index (χ1n) is 3.23. The smallest absolute Gasteiger partial charge is 0.106 e. The van der Waals surface area contributed by atoms with Gasteiger partial charge in [0.25, 0.3) is 14.1 Å². The molecule has 0 aliphatic heterocycles. The first kappa shape index (κ1) is 11.7. The van der Waals surface area contributed by atoms with E-state index >= 15 is 0 Å². The van der Waals surface area contributed by atoms with Crippen molar-refractivity contribution >= 4 is 22.1 Å². The van der Waals surface area contributed by atoms with Gasteiger partial charge in [-0.2, -0.15) is 0 Å². The lowest BCUT2D eigenvalue weighted by atomic mass is 11.8. The van der Waals surface area contributed by atoms with Crippen LogP contribution in [0.4, 0.5) is 0 Å². The van der Waals surface area contributed by atoms with Crippen molar-refractivity contribution < 1.29 is 0 Å². The van der Waals surface area contributed by atoms with Gasteiger partial charge in [-0.15, -0.1) is 17.4 Å². The van der Waals surface area contributed by atoms with E-state index in [9.17, 15) is 0 Å². The summed E-state index contributed by atoms with van der Waals surface area (Å²) in [6, 6.07) is 0. The molecule has 50 valence electrons. The Morgan fingerprint density at radius 2 is 0.875 bits per heavy atom. The molecule has 0 aromatic heterocycles. The van der Waals surface area contributed by atoms with Gasteiger partial charge in [-0.25, -0.2) is 0 Å². The van der Waals surface area contributed by atoms with Crippen LogP contribution in [0, 0.1) is 0 Å². The molecule has 0 aliphatic carbocycles. The Kier molecular flexibility index (Phi) is 11.7. The lowest BCUT2D eigenvalue weighted by Crippen LogP contribution is -1.84. The molecular weight excluding hydrogens is 130 g/mol. The van der Waals surface area contributed by atoms with E-state index < -0.39 is 0 Å². The summed E-state index contributed by atoms with van der Waals surface area (Å²) in [6.45, 7) is 6.81. The molecule has 0 heterocycles. The van der Waals surface area contributed by atoms with Crippen molar-refractivity contribution in [3.05, 3.63) is 0 Å². The predicted molar refractivity (Wildman–Crippen MR) is 49.4 cm³/mol. The highest BCUT2D eigenvalue weighted by Gasteiger charge is 1.81. The molecule has 0 aromatic carbocycles. The summed E-state index contributed by atoms with van der Waals surface area (Å²) >= 11 is -0.139. The van der Waals surface area contributed by atoms with E-state index in [-0.39, 0.29) is 22.1 Å². The average Bonchev–Trinajstić information content (AvgIpc) is 1.25. The molecule has 0 unspecified atom stereocenters. The lowest BCUT2D eigenvalue weighted by molar-refractivity contribution is 1.91. The standard InChI is InChI=1S/C3H9P.3CH3.Al/c1-4(2)3;;;;/h1-3H3;3*1H3;/p+1. The first-order chi connectivity index (χ1) is 3.46. The van der Waals surface area contributed by atoms with Gasteiger partial charge in [0.15, 0.2) is 0 Å². The Morgan fingerprint density at radius 1 is 0.875 bits per heavy atom. The van der Waals surface area contributed by atoms with Gasteiger partial charge in [-0.1, -0.05) is 0 Å². The third kappa shape index (κ3) is 267. The van der Waals surface area contributed by atoms with Crippen LogP contribution in [0.15, 0.2) is 0 Å². The normalized spacial score (nSPS) is 7.88. The maximum Gasteiger partial charge on any atom is 0.251 e. The Bertz CT molecular complexity index is 24.0. The largest absolute Gasteiger partial charge is 0.251 e. The van der Waals surface area contributed by atoms with Crippen LogP contribution in [0.25, 0.3) is 0 Å². The number of hydrogen-bond donors (Lipinski definition) is 0. The van der Waals surface area contributed by atoms with Crippen molar-refractivity contribution in [2.75, 3.05) is 20.0 Å². The maximum atomic E-state index is 2.31. The Hall–Kier alpha value is 0.962. The lowest BCUT2D eigenvalue weighted by Gasteiger charge is -1.71. The minimum absolute atomic E-state index is 0.120. The van der Waals surface area contributed by atoms with Gasteiger partial charge in [0, 0.05) is 20.0 Å². The summed E-state index contributed by atoms with van der Waals surface area (Å²) in [7, 11) is 0.120. The predicted octanol–water partition coefficient (Wildman–Crippen LogP) is 2.46. The van der Waals surface area contributed by atoms with E-state index in [1.165, 1.54) is 0 Å². The molecule has 0 fully saturated rings. The molecule has 0 aromatic rings. The summed E-state index contributed by atoms with van der Waals surface area (Å²) < 4.78 is 0. The van der Waals surface area contributed by atoms with Crippen LogP contribution < -0.4 is 0 Å². The monoisotopic (exact) mass is 149 g/mol. The molecule has 0 atom stereocenters. The van der Waals surface area contributed by atoms with Crippen LogP contribution in [0.2, 0.25) is 17.4 Å². The first-order valence-corrected chi connectivity index (χ1v) is 9.70. The van der Waals surface area contributed by atoms with Crippen molar-refractivity contribution in [1.29, 1.82) is 0 Å². The molecular formula is C6H19AlP+. The highest BCUT2D eigenvalue weighted by atomic mass is 31.1. The van der Waals surface area contributed by atoms with Crippen molar-refractivity contribution in [3.8, 4) is 0 Å². The van der Waals surface area contributed by atoms with E-state index in [0.29, 0.717) is 0 Å².